The first-order chi connectivity index (χ1) is 7.66. The number of aliphatic carboxylic acids is 1. The minimum atomic E-state index is -1.03. The maximum atomic E-state index is 11.0. The van der Waals surface area contributed by atoms with Crippen LogP contribution in [0.3, 0.4) is 0 Å². The molecule has 1 amide bonds. The van der Waals surface area contributed by atoms with Gasteiger partial charge in [0.05, 0.1) is 0 Å². The van der Waals surface area contributed by atoms with E-state index in [1.807, 2.05) is 0 Å². The fourth-order valence-electron chi connectivity index (χ4n) is 1.28. The quantitative estimate of drug-likeness (QED) is 0.468. The number of hydrogen-bond donors (Lipinski definition) is 2. The van der Waals surface area contributed by atoms with Crippen molar-refractivity contribution in [1.82, 2.24) is 5.32 Å². The molecule has 0 radical (unpaired) electrons. The van der Waals surface area contributed by atoms with E-state index >= 15 is 0 Å². The SMILES string of the molecule is CCCCCCCC=CC(=O)NCC(=O)O. The first-order valence-electron chi connectivity index (χ1n) is 5.83. The minimum absolute atomic E-state index is 0.320. The second kappa shape index (κ2) is 10.2. The van der Waals surface area contributed by atoms with Gasteiger partial charge in [-0.1, -0.05) is 38.7 Å². The van der Waals surface area contributed by atoms with Crippen molar-refractivity contribution < 1.29 is 14.7 Å². The Bertz CT molecular complexity index is 236. The second-order valence-electron chi connectivity index (χ2n) is 3.72. The summed E-state index contributed by atoms with van der Waals surface area (Å²) >= 11 is 0. The number of carbonyl (C=O) groups is 2. The van der Waals surface area contributed by atoms with Gasteiger partial charge in [0.15, 0.2) is 0 Å². The Morgan fingerprint density at radius 3 is 2.50 bits per heavy atom. The van der Waals surface area contributed by atoms with Crippen LogP contribution in [0, 0.1) is 0 Å². The summed E-state index contributed by atoms with van der Waals surface area (Å²) in [6, 6.07) is 0. The highest BCUT2D eigenvalue weighted by Gasteiger charge is 1.98. The molecule has 0 saturated carbocycles. The first-order valence-corrected chi connectivity index (χ1v) is 5.83. The Kier molecular flexibility index (Phi) is 9.36. The zero-order valence-electron chi connectivity index (χ0n) is 9.87. The van der Waals surface area contributed by atoms with Gasteiger partial charge in [-0.3, -0.25) is 9.59 Å². The molecule has 0 atom stereocenters. The molecule has 0 aromatic carbocycles. The van der Waals surface area contributed by atoms with Crippen molar-refractivity contribution in [3.8, 4) is 0 Å². The predicted molar refractivity (Wildman–Crippen MR) is 63.2 cm³/mol. The Hall–Kier alpha value is -1.32. The fraction of sp³-hybridized carbons (Fsp3) is 0.667. The molecule has 4 nitrogen and oxygen atoms in total. The molecular weight excluding hydrogens is 206 g/mol. The fourth-order valence-corrected chi connectivity index (χ4v) is 1.28. The first kappa shape index (κ1) is 14.7. The molecule has 0 rings (SSSR count). The number of nitrogens with one attached hydrogen (secondary N) is 1. The third-order valence-corrected chi connectivity index (χ3v) is 2.16. The van der Waals surface area contributed by atoms with Crippen molar-refractivity contribution in [3.05, 3.63) is 12.2 Å². The van der Waals surface area contributed by atoms with Crippen LogP contribution in [0.2, 0.25) is 0 Å². The Morgan fingerprint density at radius 2 is 1.88 bits per heavy atom. The average molecular weight is 227 g/mol. The largest absolute Gasteiger partial charge is 0.480 e. The number of rotatable bonds is 9. The number of unbranched alkanes of at least 4 members (excludes halogenated alkanes) is 5. The van der Waals surface area contributed by atoms with Crippen molar-refractivity contribution in [2.75, 3.05) is 6.54 Å². The van der Waals surface area contributed by atoms with Crippen LogP contribution >= 0.6 is 0 Å². The summed E-state index contributed by atoms with van der Waals surface area (Å²) in [7, 11) is 0. The minimum Gasteiger partial charge on any atom is -0.480 e. The molecule has 2 N–H and O–H groups in total. The van der Waals surface area contributed by atoms with E-state index in [0.29, 0.717) is 0 Å². The van der Waals surface area contributed by atoms with Gasteiger partial charge in [-0.05, 0) is 18.9 Å². The summed E-state index contributed by atoms with van der Waals surface area (Å²) in [6.45, 7) is 1.85. The molecule has 0 unspecified atom stereocenters. The van der Waals surface area contributed by atoms with Crippen LogP contribution in [0.25, 0.3) is 0 Å². The third kappa shape index (κ3) is 10.8. The monoisotopic (exact) mass is 227 g/mol. The smallest absolute Gasteiger partial charge is 0.322 e. The summed E-state index contributed by atoms with van der Waals surface area (Å²) in [5.74, 6) is -1.36. The van der Waals surface area contributed by atoms with E-state index in [4.69, 9.17) is 5.11 Å². The molecule has 0 aliphatic carbocycles. The van der Waals surface area contributed by atoms with Crippen LogP contribution in [0.1, 0.15) is 45.4 Å². The van der Waals surface area contributed by atoms with Crippen molar-refractivity contribution in [2.24, 2.45) is 0 Å². The molecule has 16 heavy (non-hydrogen) atoms. The Labute approximate surface area is 96.7 Å². The molecule has 0 aromatic rings. The second-order valence-corrected chi connectivity index (χ2v) is 3.72. The van der Waals surface area contributed by atoms with Gasteiger partial charge in [0.25, 0.3) is 0 Å². The van der Waals surface area contributed by atoms with Crippen molar-refractivity contribution in [1.29, 1.82) is 0 Å². The van der Waals surface area contributed by atoms with Crippen molar-refractivity contribution in [2.45, 2.75) is 45.4 Å². The van der Waals surface area contributed by atoms with Crippen LogP contribution in [0.15, 0.2) is 12.2 Å². The van der Waals surface area contributed by atoms with E-state index in [2.05, 4.69) is 12.2 Å². The van der Waals surface area contributed by atoms with Crippen LogP contribution in [0.4, 0.5) is 0 Å². The Morgan fingerprint density at radius 1 is 1.19 bits per heavy atom. The molecule has 0 fully saturated rings. The van der Waals surface area contributed by atoms with Gasteiger partial charge in [0.1, 0.15) is 6.54 Å². The molecule has 0 aliphatic heterocycles. The zero-order chi connectivity index (χ0) is 12.2. The van der Waals surface area contributed by atoms with Gasteiger partial charge in [-0.25, -0.2) is 0 Å². The zero-order valence-corrected chi connectivity index (χ0v) is 9.87. The number of carbonyl (C=O) groups excluding carboxylic acids is 1. The van der Waals surface area contributed by atoms with Gasteiger partial charge >= 0.3 is 5.97 Å². The van der Waals surface area contributed by atoms with Gasteiger partial charge in [-0.15, -0.1) is 0 Å². The number of allylic oxidation sites excluding steroid dienone is 1. The molecule has 0 heterocycles. The molecule has 0 aromatic heterocycles. The topological polar surface area (TPSA) is 66.4 Å². The summed E-state index contributed by atoms with van der Waals surface area (Å²) in [5.41, 5.74) is 0. The summed E-state index contributed by atoms with van der Waals surface area (Å²) in [4.78, 5) is 21.2. The Balaban J connectivity index is 3.38. The number of amides is 1. The maximum absolute atomic E-state index is 11.0. The number of hydrogen-bond acceptors (Lipinski definition) is 2. The van der Waals surface area contributed by atoms with Gasteiger partial charge < -0.3 is 10.4 Å². The lowest BCUT2D eigenvalue weighted by Crippen LogP contribution is -2.27. The number of carboxylic acid groups (broad SMARTS) is 1. The summed E-state index contributed by atoms with van der Waals surface area (Å²) < 4.78 is 0. The third-order valence-electron chi connectivity index (χ3n) is 2.16. The molecule has 92 valence electrons. The summed E-state index contributed by atoms with van der Waals surface area (Å²) in [6.07, 6.45) is 10.1. The average Bonchev–Trinajstić information content (AvgIpc) is 2.25. The predicted octanol–water partition coefficient (Wildman–Crippen LogP) is 2.10. The molecule has 4 heteroatoms. The molecule has 0 aliphatic rings. The van der Waals surface area contributed by atoms with Gasteiger partial charge in [0.2, 0.25) is 5.91 Å². The van der Waals surface area contributed by atoms with E-state index in [1.54, 1.807) is 6.08 Å². The summed E-state index contributed by atoms with van der Waals surface area (Å²) in [5, 5.41) is 10.6. The van der Waals surface area contributed by atoms with E-state index in [-0.39, 0.29) is 12.5 Å². The van der Waals surface area contributed by atoms with Crippen LogP contribution in [0.5, 0.6) is 0 Å². The van der Waals surface area contributed by atoms with E-state index in [0.717, 1.165) is 12.8 Å². The van der Waals surface area contributed by atoms with Gasteiger partial charge in [-0.2, -0.15) is 0 Å². The highest BCUT2D eigenvalue weighted by atomic mass is 16.4. The standard InChI is InChI=1S/C12H21NO3/c1-2-3-4-5-6-7-8-9-11(14)13-10-12(15)16/h8-9H,2-7,10H2,1H3,(H,13,14)(H,15,16). The van der Waals surface area contributed by atoms with Crippen molar-refractivity contribution >= 4 is 11.9 Å². The molecule has 0 spiro atoms. The van der Waals surface area contributed by atoms with E-state index in [9.17, 15) is 9.59 Å². The molecule has 0 bridgehead atoms. The number of carboxylic acids is 1. The molecular formula is C12H21NO3. The molecule has 0 saturated heterocycles. The lowest BCUT2D eigenvalue weighted by Gasteiger charge is -1.97. The van der Waals surface area contributed by atoms with Crippen molar-refractivity contribution in [3.63, 3.8) is 0 Å². The maximum Gasteiger partial charge on any atom is 0.322 e. The highest BCUT2D eigenvalue weighted by molar-refractivity contribution is 5.89. The highest BCUT2D eigenvalue weighted by Crippen LogP contribution is 2.04. The van der Waals surface area contributed by atoms with E-state index < -0.39 is 5.97 Å². The lowest BCUT2D eigenvalue weighted by atomic mass is 10.1. The lowest BCUT2D eigenvalue weighted by molar-refractivity contribution is -0.137. The van der Waals surface area contributed by atoms with Crippen LogP contribution in [-0.4, -0.2) is 23.5 Å². The van der Waals surface area contributed by atoms with Gasteiger partial charge in [0, 0.05) is 0 Å². The van der Waals surface area contributed by atoms with E-state index in [1.165, 1.54) is 31.8 Å². The van der Waals surface area contributed by atoms with Crippen LogP contribution in [-0.2, 0) is 9.59 Å². The normalized spacial score (nSPS) is 10.6. The van der Waals surface area contributed by atoms with Crippen LogP contribution < -0.4 is 5.32 Å².